The maximum absolute atomic E-state index is 4.44. The van der Waals surface area contributed by atoms with Crippen molar-refractivity contribution >= 4 is 11.8 Å². The van der Waals surface area contributed by atoms with Crippen LogP contribution in [0.2, 0.25) is 0 Å². The number of nitrogens with zero attached hydrogens (tertiary/aromatic N) is 3. The molecule has 0 radical (unpaired) electrons. The highest BCUT2D eigenvalue weighted by Crippen LogP contribution is 2.25. The van der Waals surface area contributed by atoms with Gasteiger partial charge in [-0.3, -0.25) is 4.90 Å². The van der Waals surface area contributed by atoms with E-state index in [1.165, 1.54) is 12.8 Å². The highest BCUT2D eigenvalue weighted by atomic mass is 15.2. The Morgan fingerprint density at radius 1 is 1.26 bits per heavy atom. The molecule has 0 bridgehead atoms. The normalized spacial score (nSPS) is 14.7. The van der Waals surface area contributed by atoms with Crippen LogP contribution < -0.4 is 10.6 Å². The van der Waals surface area contributed by atoms with Gasteiger partial charge >= 0.3 is 0 Å². The summed E-state index contributed by atoms with van der Waals surface area (Å²) < 4.78 is 0. The van der Waals surface area contributed by atoms with Crippen LogP contribution in [-0.2, 0) is 0 Å². The molecule has 1 aliphatic rings. The van der Waals surface area contributed by atoms with Gasteiger partial charge in [-0.05, 0) is 31.9 Å². The van der Waals surface area contributed by atoms with E-state index in [9.17, 15) is 0 Å². The molecule has 19 heavy (non-hydrogen) atoms. The largest absolute Gasteiger partial charge is 0.369 e. The van der Waals surface area contributed by atoms with E-state index in [1.807, 2.05) is 6.07 Å². The molecule has 0 amide bonds. The van der Waals surface area contributed by atoms with Crippen LogP contribution in [0.3, 0.4) is 0 Å². The van der Waals surface area contributed by atoms with Gasteiger partial charge in [0.1, 0.15) is 5.82 Å². The Labute approximate surface area is 115 Å². The molecule has 2 N–H and O–H groups in total. The second kappa shape index (κ2) is 7.28. The first-order chi connectivity index (χ1) is 9.33. The predicted octanol–water partition coefficient (Wildman–Crippen LogP) is 2.19. The fourth-order valence-electron chi connectivity index (χ4n) is 2.15. The Bertz CT molecular complexity index is 378. The van der Waals surface area contributed by atoms with Gasteiger partial charge in [-0.15, -0.1) is 0 Å². The highest BCUT2D eigenvalue weighted by Gasteiger charge is 2.27. The van der Waals surface area contributed by atoms with Crippen molar-refractivity contribution in [3.8, 4) is 0 Å². The van der Waals surface area contributed by atoms with Gasteiger partial charge in [-0.25, -0.2) is 4.98 Å². The molecule has 1 aromatic heterocycles. The van der Waals surface area contributed by atoms with Crippen molar-refractivity contribution < 1.29 is 0 Å². The van der Waals surface area contributed by atoms with Crippen LogP contribution in [0.15, 0.2) is 12.3 Å². The zero-order chi connectivity index (χ0) is 13.5. The minimum absolute atomic E-state index is 0.710. The molecular weight excluding hydrogens is 238 g/mol. The topological polar surface area (TPSA) is 53.1 Å². The molecule has 1 fully saturated rings. The molecule has 0 spiro atoms. The monoisotopic (exact) mass is 263 g/mol. The molecular formula is C14H25N5. The molecule has 106 valence electrons. The Kier molecular flexibility index (Phi) is 5.39. The maximum atomic E-state index is 4.44. The zero-order valence-electron chi connectivity index (χ0n) is 12.0. The predicted molar refractivity (Wildman–Crippen MR) is 79.6 cm³/mol. The lowest BCUT2D eigenvalue weighted by Crippen LogP contribution is -2.31. The zero-order valence-corrected chi connectivity index (χ0v) is 12.0. The van der Waals surface area contributed by atoms with E-state index in [1.54, 1.807) is 6.20 Å². The van der Waals surface area contributed by atoms with Gasteiger partial charge in [0.2, 0.25) is 5.95 Å². The van der Waals surface area contributed by atoms with Gasteiger partial charge in [0.15, 0.2) is 0 Å². The molecule has 0 aliphatic heterocycles. The number of hydrogen-bond donors (Lipinski definition) is 2. The first-order valence-corrected chi connectivity index (χ1v) is 7.38. The van der Waals surface area contributed by atoms with Crippen LogP contribution in [0.25, 0.3) is 0 Å². The van der Waals surface area contributed by atoms with Crippen LogP contribution in [0, 0.1) is 0 Å². The summed E-state index contributed by atoms with van der Waals surface area (Å²) in [7, 11) is 0. The van der Waals surface area contributed by atoms with Gasteiger partial charge in [0, 0.05) is 31.9 Å². The minimum atomic E-state index is 0.710. The van der Waals surface area contributed by atoms with Crippen molar-refractivity contribution in [1.82, 2.24) is 14.9 Å². The van der Waals surface area contributed by atoms with Crippen molar-refractivity contribution in [2.45, 2.75) is 39.2 Å². The molecule has 0 aromatic carbocycles. The molecule has 5 nitrogen and oxygen atoms in total. The highest BCUT2D eigenvalue weighted by molar-refractivity contribution is 5.39. The van der Waals surface area contributed by atoms with Crippen LogP contribution in [-0.4, -0.2) is 47.1 Å². The van der Waals surface area contributed by atoms with E-state index in [4.69, 9.17) is 0 Å². The summed E-state index contributed by atoms with van der Waals surface area (Å²) >= 11 is 0. The summed E-state index contributed by atoms with van der Waals surface area (Å²) in [6.45, 7) is 8.44. The quantitative estimate of drug-likeness (QED) is 0.715. The van der Waals surface area contributed by atoms with Crippen LogP contribution in [0.5, 0.6) is 0 Å². The van der Waals surface area contributed by atoms with Gasteiger partial charge in [0.05, 0.1) is 0 Å². The maximum Gasteiger partial charge on any atom is 0.224 e. The van der Waals surface area contributed by atoms with Crippen LogP contribution in [0.4, 0.5) is 11.8 Å². The third-order valence-corrected chi connectivity index (χ3v) is 3.36. The second-order valence-corrected chi connectivity index (χ2v) is 4.98. The van der Waals surface area contributed by atoms with E-state index < -0.39 is 0 Å². The summed E-state index contributed by atoms with van der Waals surface area (Å²) in [6, 6.07) is 2.75. The Morgan fingerprint density at radius 3 is 2.79 bits per heavy atom. The summed E-state index contributed by atoms with van der Waals surface area (Å²) in [6.07, 6.45) is 5.61. The van der Waals surface area contributed by atoms with E-state index in [0.717, 1.165) is 44.5 Å². The van der Waals surface area contributed by atoms with Gasteiger partial charge in [-0.1, -0.05) is 13.8 Å². The Hall–Kier alpha value is -1.36. The van der Waals surface area contributed by atoms with Gasteiger partial charge in [-0.2, -0.15) is 4.98 Å². The fourth-order valence-corrected chi connectivity index (χ4v) is 2.15. The lowest BCUT2D eigenvalue weighted by Gasteiger charge is -2.19. The van der Waals surface area contributed by atoms with Crippen molar-refractivity contribution in [2.24, 2.45) is 0 Å². The third-order valence-electron chi connectivity index (χ3n) is 3.36. The average Bonchev–Trinajstić information content (AvgIpc) is 3.26. The molecule has 2 rings (SSSR count). The summed E-state index contributed by atoms with van der Waals surface area (Å²) in [5, 5.41) is 6.58. The summed E-state index contributed by atoms with van der Waals surface area (Å²) in [5.74, 6) is 1.61. The smallest absolute Gasteiger partial charge is 0.224 e. The van der Waals surface area contributed by atoms with Crippen LogP contribution >= 0.6 is 0 Å². The van der Waals surface area contributed by atoms with Crippen molar-refractivity contribution in [3.63, 3.8) is 0 Å². The molecule has 1 aromatic rings. The number of nitrogens with one attached hydrogen (secondary N) is 2. The molecule has 0 saturated heterocycles. The molecule has 0 unspecified atom stereocenters. The Morgan fingerprint density at radius 2 is 2.11 bits per heavy atom. The molecule has 1 heterocycles. The molecule has 5 heteroatoms. The van der Waals surface area contributed by atoms with Crippen molar-refractivity contribution in [1.29, 1.82) is 0 Å². The third kappa shape index (κ3) is 4.67. The van der Waals surface area contributed by atoms with Crippen molar-refractivity contribution in [2.75, 3.05) is 36.8 Å². The SMILES string of the molecule is CCCNc1nccc(NCCN(CC)C2CC2)n1. The first kappa shape index (κ1) is 14.1. The molecule has 1 saturated carbocycles. The van der Waals surface area contributed by atoms with Crippen molar-refractivity contribution in [3.05, 3.63) is 12.3 Å². The summed E-state index contributed by atoms with van der Waals surface area (Å²) in [5.41, 5.74) is 0. The lowest BCUT2D eigenvalue weighted by atomic mass is 10.4. The van der Waals surface area contributed by atoms with Gasteiger partial charge in [0.25, 0.3) is 0 Å². The average molecular weight is 263 g/mol. The van der Waals surface area contributed by atoms with Crippen LogP contribution in [0.1, 0.15) is 33.1 Å². The molecule has 0 atom stereocenters. The number of rotatable bonds is 9. The standard InChI is InChI=1S/C14H25N5/c1-3-8-16-14-17-9-7-13(18-14)15-10-11-19(4-2)12-5-6-12/h7,9,12H,3-6,8,10-11H2,1-2H3,(H2,15,16,17,18). The number of hydrogen-bond acceptors (Lipinski definition) is 5. The van der Waals surface area contributed by atoms with E-state index in [2.05, 4.69) is 39.3 Å². The molecule has 1 aliphatic carbocycles. The second-order valence-electron chi connectivity index (χ2n) is 4.98. The minimum Gasteiger partial charge on any atom is -0.369 e. The van der Waals surface area contributed by atoms with E-state index in [0.29, 0.717) is 5.95 Å². The first-order valence-electron chi connectivity index (χ1n) is 7.38. The summed E-state index contributed by atoms with van der Waals surface area (Å²) in [4.78, 5) is 11.2. The fraction of sp³-hybridized carbons (Fsp3) is 0.714. The van der Waals surface area contributed by atoms with Gasteiger partial charge < -0.3 is 10.6 Å². The lowest BCUT2D eigenvalue weighted by molar-refractivity contribution is 0.289. The number of anilines is 2. The van der Waals surface area contributed by atoms with E-state index in [-0.39, 0.29) is 0 Å². The Balaban J connectivity index is 1.75. The van der Waals surface area contributed by atoms with E-state index >= 15 is 0 Å². The number of aromatic nitrogens is 2. The number of likely N-dealkylation sites (N-methyl/N-ethyl adjacent to an activating group) is 1.